The molecule has 0 bridgehead atoms. The van der Waals surface area contributed by atoms with Gasteiger partial charge in [-0.1, -0.05) is 24.3 Å². The van der Waals surface area contributed by atoms with E-state index in [4.69, 9.17) is 0 Å². The van der Waals surface area contributed by atoms with Crippen LogP contribution in [-0.2, 0) is 25.0 Å². The Morgan fingerprint density at radius 3 is 1.81 bits per heavy atom. The van der Waals surface area contributed by atoms with Crippen LogP contribution in [0.15, 0.2) is 53.4 Å². The summed E-state index contributed by atoms with van der Waals surface area (Å²) in [6, 6.07) is 4.95. The molecular weight excluding hydrogens is 626 g/mol. The molecule has 2 aliphatic rings. The summed E-state index contributed by atoms with van der Waals surface area (Å²) in [5, 5.41) is 11.0. The molecule has 2 aromatic carbocycles. The standard InChI is InChI=1S/C25H25F8NO6S2/c26-18-5-7-19(8-6-18)42(39,40)22(9-12-34(15-22)20(35)21(36)10-13-41(37,38)14-11-21)16-1-3-17(4-2-16)23(27,24(28,29)30)25(31,32)33/h1-8,36-38H,9-15H2. The number of likely N-dealkylation sites (tertiary alicyclic amines) is 1. The van der Waals surface area contributed by atoms with Gasteiger partial charge in [-0.15, -0.1) is 0 Å². The molecule has 1 amide bonds. The van der Waals surface area contributed by atoms with Crippen LogP contribution in [0, 0.1) is 5.82 Å². The summed E-state index contributed by atoms with van der Waals surface area (Å²) in [5.74, 6) is -2.36. The number of hydrogen-bond donors (Lipinski definition) is 3. The van der Waals surface area contributed by atoms with Crippen molar-refractivity contribution in [2.24, 2.45) is 0 Å². The second kappa shape index (κ2) is 10.3. The van der Waals surface area contributed by atoms with Gasteiger partial charge in [0.1, 0.15) is 16.2 Å². The molecule has 2 fully saturated rings. The minimum atomic E-state index is -6.40. The third-order valence-corrected chi connectivity index (χ3v) is 12.0. The van der Waals surface area contributed by atoms with E-state index < -0.39 is 83.9 Å². The average Bonchev–Trinajstić information content (AvgIpc) is 3.36. The van der Waals surface area contributed by atoms with Crippen LogP contribution in [-0.4, -0.2) is 76.0 Å². The van der Waals surface area contributed by atoms with Gasteiger partial charge in [-0.2, -0.15) is 36.9 Å². The van der Waals surface area contributed by atoms with E-state index in [9.17, 15) is 62.5 Å². The third-order valence-electron chi connectivity index (χ3n) is 7.83. The van der Waals surface area contributed by atoms with E-state index in [-0.39, 0.29) is 48.6 Å². The summed E-state index contributed by atoms with van der Waals surface area (Å²) in [6.45, 7) is -1.06. The highest BCUT2D eigenvalue weighted by atomic mass is 32.3. The molecule has 2 heterocycles. The van der Waals surface area contributed by atoms with Crippen LogP contribution in [0.2, 0.25) is 0 Å². The average molecular weight is 652 g/mol. The number of hydrogen-bond acceptors (Lipinski definition) is 6. The van der Waals surface area contributed by atoms with Gasteiger partial charge < -0.3 is 10.0 Å². The maximum absolute atomic E-state index is 14.6. The van der Waals surface area contributed by atoms with Gasteiger partial charge in [-0.25, -0.2) is 17.2 Å². The van der Waals surface area contributed by atoms with Crippen LogP contribution < -0.4 is 0 Å². The van der Waals surface area contributed by atoms with Gasteiger partial charge in [-0.3, -0.25) is 13.9 Å². The molecule has 0 spiro atoms. The number of alkyl halides is 7. The predicted molar refractivity (Wildman–Crippen MR) is 135 cm³/mol. The number of sulfone groups is 1. The van der Waals surface area contributed by atoms with E-state index in [1.54, 1.807) is 0 Å². The Balaban J connectivity index is 1.79. The lowest BCUT2D eigenvalue weighted by molar-refractivity contribution is -0.348. The van der Waals surface area contributed by atoms with Gasteiger partial charge in [0.25, 0.3) is 5.91 Å². The minimum Gasteiger partial charge on any atom is -0.380 e. The zero-order chi connectivity index (χ0) is 31.6. The van der Waals surface area contributed by atoms with Crippen molar-refractivity contribution in [3.8, 4) is 0 Å². The zero-order valence-corrected chi connectivity index (χ0v) is 23.1. The number of carbonyl (C=O) groups is 1. The lowest BCUT2D eigenvalue weighted by Crippen LogP contribution is -2.53. The first-order valence-electron chi connectivity index (χ1n) is 12.3. The summed E-state index contributed by atoms with van der Waals surface area (Å²) in [6.07, 6.45) is -14.0. The van der Waals surface area contributed by atoms with E-state index in [0.29, 0.717) is 12.1 Å². The van der Waals surface area contributed by atoms with Gasteiger partial charge in [0.05, 0.1) is 4.90 Å². The molecule has 42 heavy (non-hydrogen) atoms. The first kappa shape index (κ1) is 32.4. The number of amides is 1. The van der Waals surface area contributed by atoms with E-state index in [2.05, 4.69) is 0 Å². The van der Waals surface area contributed by atoms with Crippen molar-refractivity contribution in [3.63, 3.8) is 0 Å². The Morgan fingerprint density at radius 1 is 0.833 bits per heavy atom. The molecule has 7 nitrogen and oxygen atoms in total. The highest BCUT2D eigenvalue weighted by molar-refractivity contribution is 8.24. The summed E-state index contributed by atoms with van der Waals surface area (Å²) >= 11 is 0. The van der Waals surface area contributed by atoms with Crippen LogP contribution in [0.4, 0.5) is 35.1 Å². The van der Waals surface area contributed by atoms with Gasteiger partial charge in [-0.05, 0) is 36.2 Å². The number of benzene rings is 2. The number of halogens is 8. The molecule has 2 aromatic rings. The van der Waals surface area contributed by atoms with Crippen molar-refractivity contribution in [2.75, 3.05) is 24.6 Å². The fourth-order valence-corrected chi connectivity index (χ4v) is 8.91. The topological polar surface area (TPSA) is 115 Å². The predicted octanol–water partition coefficient (Wildman–Crippen LogP) is 5.29. The Labute approximate surface area is 236 Å². The van der Waals surface area contributed by atoms with Crippen LogP contribution in [0.5, 0.6) is 0 Å². The number of nitrogens with zero attached hydrogens (tertiary/aromatic N) is 1. The number of rotatable bonds is 5. The third kappa shape index (κ3) is 5.27. The van der Waals surface area contributed by atoms with Crippen molar-refractivity contribution in [1.82, 2.24) is 4.90 Å². The molecule has 1 unspecified atom stereocenters. The maximum atomic E-state index is 14.6. The second-order valence-corrected chi connectivity index (χ2v) is 15.1. The quantitative estimate of drug-likeness (QED) is 0.299. The Kier molecular flexibility index (Phi) is 7.97. The Hall–Kier alpha value is -2.47. The SMILES string of the molecule is O=C(N1CCC(c2ccc(C(F)(C(F)(F)F)C(F)(F)F)cc2)(S(=O)(=O)c2ccc(F)cc2)C1)C1(O)CCS(O)(O)CC1. The molecule has 4 rings (SSSR count). The Bertz CT molecular complexity index is 1420. The zero-order valence-electron chi connectivity index (χ0n) is 21.4. The van der Waals surface area contributed by atoms with Crippen LogP contribution >= 0.6 is 10.6 Å². The van der Waals surface area contributed by atoms with Gasteiger partial charge >= 0.3 is 18.0 Å². The fraction of sp³-hybridized carbons (Fsp3) is 0.480. The normalized spacial score (nSPS) is 23.9. The molecule has 17 heteroatoms. The lowest BCUT2D eigenvalue weighted by atomic mass is 9.90. The largest absolute Gasteiger partial charge is 0.435 e. The van der Waals surface area contributed by atoms with E-state index in [1.807, 2.05) is 0 Å². The lowest BCUT2D eigenvalue weighted by Gasteiger charge is -2.43. The molecule has 1 atom stereocenters. The van der Waals surface area contributed by atoms with Crippen molar-refractivity contribution < 1.29 is 62.5 Å². The molecule has 234 valence electrons. The maximum Gasteiger partial charge on any atom is 0.435 e. The Morgan fingerprint density at radius 2 is 1.33 bits per heavy atom. The number of aliphatic hydroxyl groups is 1. The van der Waals surface area contributed by atoms with Crippen molar-refractivity contribution >= 4 is 26.3 Å². The molecule has 0 radical (unpaired) electrons. The van der Waals surface area contributed by atoms with Crippen LogP contribution in [0.1, 0.15) is 30.4 Å². The highest BCUT2D eigenvalue weighted by Gasteiger charge is 2.73. The van der Waals surface area contributed by atoms with E-state index >= 15 is 0 Å². The molecule has 2 aliphatic heterocycles. The molecule has 0 aromatic heterocycles. The van der Waals surface area contributed by atoms with E-state index in [1.165, 1.54) is 0 Å². The van der Waals surface area contributed by atoms with Crippen molar-refractivity contribution in [3.05, 3.63) is 65.5 Å². The van der Waals surface area contributed by atoms with Crippen LogP contribution in [0.3, 0.4) is 0 Å². The molecule has 0 aliphatic carbocycles. The summed E-state index contributed by atoms with van der Waals surface area (Å²) < 4.78 is 153. The van der Waals surface area contributed by atoms with Gasteiger partial charge in [0, 0.05) is 43.0 Å². The van der Waals surface area contributed by atoms with Gasteiger partial charge in [0.15, 0.2) is 9.84 Å². The minimum absolute atomic E-state index is 0.169. The smallest absolute Gasteiger partial charge is 0.380 e. The highest BCUT2D eigenvalue weighted by Crippen LogP contribution is 2.54. The summed E-state index contributed by atoms with van der Waals surface area (Å²) in [5.41, 5.74) is -10.1. The second-order valence-electron chi connectivity index (χ2n) is 10.4. The van der Waals surface area contributed by atoms with E-state index in [0.717, 1.165) is 29.2 Å². The van der Waals surface area contributed by atoms with Gasteiger partial charge in [0.2, 0.25) is 0 Å². The van der Waals surface area contributed by atoms with Crippen LogP contribution in [0.25, 0.3) is 0 Å². The van der Waals surface area contributed by atoms with Crippen molar-refractivity contribution in [1.29, 1.82) is 0 Å². The summed E-state index contributed by atoms with van der Waals surface area (Å²) in [4.78, 5) is 13.8. The molecule has 3 N–H and O–H groups in total. The van der Waals surface area contributed by atoms with Crippen molar-refractivity contribution in [2.45, 2.75) is 52.5 Å². The first-order chi connectivity index (χ1) is 19.1. The molecular formula is C25H25F8NO6S2. The summed E-state index contributed by atoms with van der Waals surface area (Å²) in [7, 11) is -7.69. The molecule has 2 saturated heterocycles. The first-order valence-corrected chi connectivity index (χ1v) is 15.7. The monoisotopic (exact) mass is 651 g/mol. The molecule has 0 saturated carbocycles. The number of carbonyl (C=O) groups excluding carboxylic acids is 1. The fourth-order valence-electron chi connectivity index (χ4n) is 5.30.